The Morgan fingerprint density at radius 2 is 1.91 bits per heavy atom. The topological polar surface area (TPSA) is 17.8 Å². The van der Waals surface area contributed by atoms with Gasteiger partial charge in [-0.25, -0.2) is 0 Å². The molecule has 3 aromatic rings. The van der Waals surface area contributed by atoms with Gasteiger partial charge in [0, 0.05) is 0 Å². The second-order valence-electron chi connectivity index (χ2n) is 4.84. The summed E-state index contributed by atoms with van der Waals surface area (Å²) in [6.07, 6.45) is 5.63. The summed E-state index contributed by atoms with van der Waals surface area (Å²) in [5.74, 6) is 0. The molecule has 0 fully saturated rings. The molecule has 0 saturated carbocycles. The van der Waals surface area contributed by atoms with Crippen molar-refractivity contribution in [2.45, 2.75) is 11.4 Å². The van der Waals surface area contributed by atoms with E-state index in [0.717, 1.165) is 17.1 Å². The summed E-state index contributed by atoms with van der Waals surface area (Å²) in [5, 5.41) is 1.40. The molecule has 2 aromatic carbocycles. The van der Waals surface area contributed by atoms with Gasteiger partial charge in [0.05, 0.1) is 0 Å². The Labute approximate surface area is 146 Å². The Morgan fingerprint density at radius 3 is 2.59 bits per heavy atom. The standard InChI is InChI=1S/C17H14Cl2N2Se/c18-13-6-7-15(16(19)10-13)17(11-21-9-8-20-12-21)22-14-4-2-1-3-5-14/h1-10,12,17H,11H2. The van der Waals surface area contributed by atoms with E-state index >= 15 is 0 Å². The fourth-order valence-electron chi connectivity index (χ4n) is 2.21. The van der Waals surface area contributed by atoms with E-state index in [1.54, 1.807) is 6.20 Å². The molecule has 0 radical (unpaired) electrons. The second kappa shape index (κ2) is 7.34. The number of rotatable bonds is 5. The van der Waals surface area contributed by atoms with Gasteiger partial charge in [-0.05, 0) is 0 Å². The van der Waals surface area contributed by atoms with E-state index in [0.29, 0.717) is 9.84 Å². The third-order valence-corrected chi connectivity index (χ3v) is 6.41. The van der Waals surface area contributed by atoms with Crippen LogP contribution in [0.5, 0.6) is 0 Å². The number of aromatic nitrogens is 2. The summed E-state index contributed by atoms with van der Waals surface area (Å²) in [6.45, 7) is 0.857. The Balaban J connectivity index is 1.91. The zero-order chi connectivity index (χ0) is 15.4. The first-order valence-electron chi connectivity index (χ1n) is 6.85. The summed E-state index contributed by atoms with van der Waals surface area (Å²) < 4.78 is 3.45. The molecule has 0 spiro atoms. The maximum atomic E-state index is 6.43. The van der Waals surface area contributed by atoms with Crippen molar-refractivity contribution >= 4 is 42.6 Å². The quantitative estimate of drug-likeness (QED) is 0.597. The second-order valence-corrected chi connectivity index (χ2v) is 8.37. The Bertz CT molecular complexity index is 730. The van der Waals surface area contributed by atoms with Crippen LogP contribution in [0.15, 0.2) is 67.3 Å². The predicted octanol–water partition coefficient (Wildman–Crippen LogP) is 3.96. The zero-order valence-corrected chi connectivity index (χ0v) is 14.9. The van der Waals surface area contributed by atoms with E-state index in [9.17, 15) is 0 Å². The predicted molar refractivity (Wildman–Crippen MR) is 93.3 cm³/mol. The van der Waals surface area contributed by atoms with Crippen LogP contribution < -0.4 is 4.46 Å². The van der Waals surface area contributed by atoms with Gasteiger partial charge in [0.25, 0.3) is 0 Å². The molecule has 0 aliphatic carbocycles. The van der Waals surface area contributed by atoms with Crippen LogP contribution in [0.2, 0.25) is 10.0 Å². The number of benzene rings is 2. The molecule has 1 unspecified atom stereocenters. The van der Waals surface area contributed by atoms with Crippen molar-refractivity contribution in [1.82, 2.24) is 9.55 Å². The molecule has 3 rings (SSSR count). The van der Waals surface area contributed by atoms with Crippen molar-refractivity contribution in [1.29, 1.82) is 0 Å². The van der Waals surface area contributed by atoms with Gasteiger partial charge < -0.3 is 0 Å². The van der Waals surface area contributed by atoms with Crippen molar-refractivity contribution in [3.63, 3.8) is 0 Å². The summed E-state index contributed by atoms with van der Waals surface area (Å²) in [5.41, 5.74) is 1.14. The molecular formula is C17H14Cl2N2Se. The van der Waals surface area contributed by atoms with Crippen LogP contribution in [0.25, 0.3) is 0 Å². The van der Waals surface area contributed by atoms with Gasteiger partial charge in [0.1, 0.15) is 0 Å². The van der Waals surface area contributed by atoms with Crippen LogP contribution in [0.3, 0.4) is 0 Å². The fourth-order valence-corrected chi connectivity index (χ4v) is 5.46. The van der Waals surface area contributed by atoms with Gasteiger partial charge in [-0.15, -0.1) is 0 Å². The molecule has 2 nitrogen and oxygen atoms in total. The van der Waals surface area contributed by atoms with Crippen molar-refractivity contribution in [2.24, 2.45) is 0 Å². The van der Waals surface area contributed by atoms with Crippen LogP contribution in [-0.2, 0) is 6.54 Å². The average Bonchev–Trinajstić information content (AvgIpc) is 3.01. The third kappa shape index (κ3) is 3.93. The summed E-state index contributed by atoms with van der Waals surface area (Å²) >= 11 is 12.7. The summed E-state index contributed by atoms with van der Waals surface area (Å²) in [7, 11) is 0. The minimum atomic E-state index is 0.267. The molecule has 1 aromatic heterocycles. The minimum absolute atomic E-state index is 0.267. The number of halogens is 2. The number of hydrogen-bond donors (Lipinski definition) is 0. The van der Waals surface area contributed by atoms with Crippen LogP contribution >= 0.6 is 23.2 Å². The van der Waals surface area contributed by atoms with Crippen molar-refractivity contribution < 1.29 is 0 Å². The van der Waals surface area contributed by atoms with Gasteiger partial charge in [0.2, 0.25) is 0 Å². The number of nitrogens with zero attached hydrogens (tertiary/aromatic N) is 2. The first-order valence-corrected chi connectivity index (χ1v) is 9.45. The Morgan fingerprint density at radius 1 is 1.09 bits per heavy atom. The van der Waals surface area contributed by atoms with Gasteiger partial charge in [-0.1, -0.05) is 0 Å². The van der Waals surface area contributed by atoms with Crippen LogP contribution in [-0.4, -0.2) is 24.5 Å². The molecule has 0 bridgehead atoms. The molecule has 0 aliphatic heterocycles. The molecule has 0 N–H and O–H groups in total. The third-order valence-electron chi connectivity index (χ3n) is 3.27. The van der Waals surface area contributed by atoms with E-state index < -0.39 is 0 Å². The molecule has 22 heavy (non-hydrogen) atoms. The van der Waals surface area contributed by atoms with Gasteiger partial charge >= 0.3 is 146 Å². The first-order chi connectivity index (χ1) is 10.7. The molecule has 5 heteroatoms. The van der Waals surface area contributed by atoms with Crippen molar-refractivity contribution in [3.05, 3.63) is 82.9 Å². The molecular weight excluding hydrogens is 382 g/mol. The van der Waals surface area contributed by atoms with Gasteiger partial charge in [-0.3, -0.25) is 0 Å². The summed E-state index contributed by atoms with van der Waals surface area (Å²) in [4.78, 5) is 4.46. The maximum absolute atomic E-state index is 6.43. The van der Waals surface area contributed by atoms with Gasteiger partial charge in [-0.2, -0.15) is 0 Å². The molecule has 1 atom stereocenters. The monoisotopic (exact) mass is 396 g/mol. The molecule has 0 saturated heterocycles. The van der Waals surface area contributed by atoms with E-state index in [1.807, 2.05) is 36.8 Å². The van der Waals surface area contributed by atoms with E-state index in [4.69, 9.17) is 23.2 Å². The van der Waals surface area contributed by atoms with Gasteiger partial charge in [0.15, 0.2) is 0 Å². The Hall–Kier alpha value is -1.25. The average molecular weight is 396 g/mol. The van der Waals surface area contributed by atoms with Crippen LogP contribution in [0, 0.1) is 0 Å². The first kappa shape index (κ1) is 15.6. The van der Waals surface area contributed by atoms with Crippen molar-refractivity contribution in [2.75, 3.05) is 0 Å². The molecule has 112 valence electrons. The zero-order valence-electron chi connectivity index (χ0n) is 11.7. The van der Waals surface area contributed by atoms with E-state index in [1.165, 1.54) is 4.46 Å². The van der Waals surface area contributed by atoms with Crippen molar-refractivity contribution in [3.8, 4) is 0 Å². The SMILES string of the molecule is Clc1ccc(C(Cn2ccnc2)[Se]c2ccccc2)c(Cl)c1. The molecule has 0 amide bonds. The van der Waals surface area contributed by atoms with Crippen LogP contribution in [0.4, 0.5) is 0 Å². The Kier molecular flexibility index (Phi) is 5.22. The van der Waals surface area contributed by atoms with Crippen LogP contribution in [0.1, 0.15) is 10.4 Å². The van der Waals surface area contributed by atoms with E-state index in [2.05, 4.69) is 33.8 Å². The number of hydrogen-bond acceptors (Lipinski definition) is 1. The number of imidazole rings is 1. The molecule has 1 heterocycles. The fraction of sp³-hybridized carbons (Fsp3) is 0.118. The summed E-state index contributed by atoms with van der Waals surface area (Å²) in [6, 6.07) is 16.3. The normalized spacial score (nSPS) is 12.3. The van der Waals surface area contributed by atoms with E-state index in [-0.39, 0.29) is 15.0 Å². The molecule has 0 aliphatic rings.